The summed E-state index contributed by atoms with van der Waals surface area (Å²) in [5.74, 6) is 0.351. The second kappa shape index (κ2) is 10.4. The Morgan fingerprint density at radius 3 is 2.35 bits per heavy atom. The van der Waals surface area contributed by atoms with Gasteiger partial charge in [-0.15, -0.1) is 11.8 Å². The lowest BCUT2D eigenvalue weighted by atomic mass is 9.87. The van der Waals surface area contributed by atoms with Crippen molar-refractivity contribution >= 4 is 61.1 Å². The zero-order valence-corrected chi connectivity index (χ0v) is 27.4. The van der Waals surface area contributed by atoms with E-state index >= 15 is 0 Å². The van der Waals surface area contributed by atoms with E-state index < -0.39 is 0 Å². The highest BCUT2D eigenvalue weighted by atomic mass is 32.2. The molecule has 0 fully saturated rings. The molecule has 2 aliphatic carbocycles. The number of nitrogens with zero attached hydrogens (tertiary/aromatic N) is 1. The third-order valence-corrected chi connectivity index (χ3v) is 12.1. The number of fused-ring (bicyclic) bond motifs is 11. The molecule has 0 spiro atoms. The molecule has 234 valence electrons. The van der Waals surface area contributed by atoms with Crippen LogP contribution in [0.25, 0.3) is 66.1 Å². The van der Waals surface area contributed by atoms with E-state index in [1.165, 1.54) is 76.4 Å². The molecular weight excluding hydrogens is 617 g/mol. The van der Waals surface area contributed by atoms with E-state index in [1.54, 1.807) is 0 Å². The summed E-state index contributed by atoms with van der Waals surface area (Å²) >= 11 is 2.00. The summed E-state index contributed by atoms with van der Waals surface area (Å²) in [7, 11) is 0. The second-order valence-electron chi connectivity index (χ2n) is 13.5. The molecule has 5 heteroatoms. The maximum atomic E-state index is 3.90. The lowest BCUT2D eigenvalue weighted by Gasteiger charge is -2.32. The quantitative estimate of drug-likeness (QED) is 0.179. The van der Waals surface area contributed by atoms with Crippen LogP contribution < -0.4 is 10.6 Å². The fraction of sp³-hybridized carbons (Fsp3) is 0.0909. The summed E-state index contributed by atoms with van der Waals surface area (Å²) in [4.78, 5) is 5.27. The molecule has 0 saturated heterocycles. The van der Waals surface area contributed by atoms with Crippen molar-refractivity contribution in [2.45, 2.75) is 28.1 Å². The van der Waals surface area contributed by atoms with Crippen LogP contribution in [0, 0.1) is 0 Å². The molecule has 5 aromatic carbocycles. The summed E-state index contributed by atoms with van der Waals surface area (Å²) in [6, 6.07) is 36.3. The molecule has 4 aliphatic rings. The number of rotatable bonds is 3. The number of hydrogen-bond donors (Lipinski definition) is 3. The van der Waals surface area contributed by atoms with Crippen LogP contribution in [0.1, 0.15) is 17.0 Å². The second-order valence-corrected chi connectivity index (χ2v) is 14.7. The van der Waals surface area contributed by atoms with Crippen molar-refractivity contribution in [2.75, 3.05) is 0 Å². The fourth-order valence-electron chi connectivity index (χ4n) is 8.47. The van der Waals surface area contributed by atoms with E-state index in [0.29, 0.717) is 11.2 Å². The maximum absolute atomic E-state index is 3.90. The normalized spacial score (nSPS) is 21.9. The van der Waals surface area contributed by atoms with Gasteiger partial charge in [0.15, 0.2) is 0 Å². The molecule has 2 aromatic heterocycles. The van der Waals surface area contributed by atoms with E-state index in [4.69, 9.17) is 0 Å². The van der Waals surface area contributed by atoms with Crippen LogP contribution in [0.2, 0.25) is 0 Å². The van der Waals surface area contributed by atoms with Gasteiger partial charge in [-0.05, 0) is 59.2 Å². The molecule has 11 rings (SSSR count). The van der Waals surface area contributed by atoms with Gasteiger partial charge in [-0.2, -0.15) is 0 Å². The predicted octanol–water partition coefficient (Wildman–Crippen LogP) is 10.1. The van der Waals surface area contributed by atoms with Crippen LogP contribution in [0.4, 0.5) is 0 Å². The van der Waals surface area contributed by atoms with Crippen LogP contribution >= 0.6 is 11.8 Å². The molecule has 49 heavy (non-hydrogen) atoms. The van der Waals surface area contributed by atoms with Gasteiger partial charge in [0.2, 0.25) is 0 Å². The average molecular weight is 649 g/mol. The van der Waals surface area contributed by atoms with E-state index in [-0.39, 0.29) is 12.1 Å². The number of thioether (sulfide) groups is 1. The van der Waals surface area contributed by atoms with E-state index in [2.05, 4.69) is 172 Å². The topological polar surface area (TPSA) is 44.8 Å². The van der Waals surface area contributed by atoms with Gasteiger partial charge in [-0.1, -0.05) is 103 Å². The van der Waals surface area contributed by atoms with E-state index in [1.807, 2.05) is 11.8 Å². The minimum Gasteiger partial charge on any atom is -0.381 e. The SMILES string of the molecule is C1=CC2NC=C(c3cc4c(c5c3[nH]c3ccc(-c6ccc7c8ccccc8n(-c8ccccc8)c7c6)cc35)C3C=CC=CC3S4)NC2C=C1. The van der Waals surface area contributed by atoms with Crippen LogP contribution in [0.3, 0.4) is 0 Å². The van der Waals surface area contributed by atoms with Crippen LogP contribution in [-0.2, 0) is 0 Å². The van der Waals surface area contributed by atoms with E-state index in [0.717, 1.165) is 5.70 Å². The molecule has 4 unspecified atom stereocenters. The Balaban J connectivity index is 1.13. The average Bonchev–Trinajstić information content (AvgIpc) is 3.83. The van der Waals surface area contributed by atoms with Gasteiger partial charge in [0.25, 0.3) is 0 Å². The Labute approximate surface area is 288 Å². The number of para-hydroxylation sites is 2. The summed E-state index contributed by atoms with van der Waals surface area (Å²) in [6.45, 7) is 0. The van der Waals surface area contributed by atoms with Crippen molar-refractivity contribution < 1.29 is 0 Å². The lowest BCUT2D eigenvalue weighted by molar-refractivity contribution is 0.545. The molecule has 4 atom stereocenters. The summed E-state index contributed by atoms with van der Waals surface area (Å²) < 4.78 is 2.40. The van der Waals surface area contributed by atoms with Crippen molar-refractivity contribution in [1.29, 1.82) is 0 Å². The Morgan fingerprint density at radius 2 is 1.41 bits per heavy atom. The maximum Gasteiger partial charge on any atom is 0.0685 e. The Kier molecular flexibility index (Phi) is 5.81. The zero-order valence-electron chi connectivity index (χ0n) is 26.6. The highest BCUT2D eigenvalue weighted by Gasteiger charge is 2.35. The predicted molar refractivity (Wildman–Crippen MR) is 206 cm³/mol. The highest BCUT2D eigenvalue weighted by Crippen LogP contribution is 2.53. The number of aromatic nitrogens is 2. The van der Waals surface area contributed by atoms with Gasteiger partial charge in [-0.25, -0.2) is 0 Å². The number of nitrogens with one attached hydrogen (secondary N) is 3. The molecule has 4 heterocycles. The molecule has 4 nitrogen and oxygen atoms in total. The van der Waals surface area contributed by atoms with Crippen LogP contribution in [-0.4, -0.2) is 26.9 Å². The molecule has 0 amide bonds. The number of aromatic amines is 1. The zero-order chi connectivity index (χ0) is 32.1. The smallest absolute Gasteiger partial charge is 0.0685 e. The summed E-state index contributed by atoms with van der Waals surface area (Å²) in [5, 5.41) is 13.1. The molecule has 7 aromatic rings. The first-order valence-corrected chi connectivity index (χ1v) is 18.0. The van der Waals surface area contributed by atoms with Gasteiger partial charge < -0.3 is 20.2 Å². The Morgan fingerprint density at radius 1 is 0.633 bits per heavy atom. The van der Waals surface area contributed by atoms with Crippen LogP contribution in [0.5, 0.6) is 0 Å². The van der Waals surface area contributed by atoms with Crippen molar-refractivity contribution in [3.05, 3.63) is 163 Å². The first kappa shape index (κ1) is 27.3. The Bertz CT molecular complexity index is 2670. The van der Waals surface area contributed by atoms with Crippen LogP contribution in [0.15, 0.2) is 157 Å². The van der Waals surface area contributed by atoms with Crippen molar-refractivity contribution in [2.24, 2.45) is 0 Å². The van der Waals surface area contributed by atoms with Gasteiger partial charge in [0.05, 0.1) is 34.3 Å². The third kappa shape index (κ3) is 4.06. The van der Waals surface area contributed by atoms with Gasteiger partial charge in [0, 0.05) is 60.6 Å². The molecule has 2 aliphatic heterocycles. The van der Waals surface area contributed by atoms with Gasteiger partial charge in [-0.3, -0.25) is 0 Å². The minimum atomic E-state index is 0.215. The number of H-pyrrole nitrogens is 1. The van der Waals surface area contributed by atoms with Gasteiger partial charge >= 0.3 is 0 Å². The molecule has 0 radical (unpaired) electrons. The highest BCUT2D eigenvalue weighted by molar-refractivity contribution is 8.00. The third-order valence-electron chi connectivity index (χ3n) is 10.7. The largest absolute Gasteiger partial charge is 0.381 e. The number of hydrogen-bond acceptors (Lipinski definition) is 3. The number of allylic oxidation sites excluding steroid dienone is 5. The lowest BCUT2D eigenvalue weighted by Crippen LogP contribution is -2.48. The summed E-state index contributed by atoms with van der Waals surface area (Å²) in [6.07, 6.45) is 20.1. The van der Waals surface area contributed by atoms with Gasteiger partial charge in [0.1, 0.15) is 0 Å². The van der Waals surface area contributed by atoms with Crippen molar-refractivity contribution in [1.82, 2.24) is 20.2 Å². The van der Waals surface area contributed by atoms with Crippen molar-refractivity contribution in [3.8, 4) is 16.8 Å². The molecule has 0 bridgehead atoms. The number of benzene rings is 5. The summed E-state index contributed by atoms with van der Waals surface area (Å²) in [5.41, 5.74) is 12.2. The minimum absolute atomic E-state index is 0.215. The first-order chi connectivity index (χ1) is 24.3. The molecule has 3 N–H and O–H groups in total. The van der Waals surface area contributed by atoms with E-state index in [9.17, 15) is 0 Å². The molecule has 0 saturated carbocycles. The van der Waals surface area contributed by atoms with Crippen molar-refractivity contribution in [3.63, 3.8) is 0 Å². The Hall–Kier alpha value is -5.65. The standard InChI is InChI=1S/C44H32N4S/c1-2-10-28(11-3-1)48-38-16-8-4-12-29(38)30-20-18-27(23-39(30)48)26-19-21-34-32(22-26)43-42-31-13-5-9-17-40(31)49-41(42)24-33(44(43)47-34)37-25-45-35-14-6-7-15-36(35)46-37/h1-25,31,35-36,40,45-47H. The first-order valence-electron chi connectivity index (χ1n) is 17.1. The fourth-order valence-corrected chi connectivity index (χ4v) is 9.86. The molecular formula is C44H32N4S. The monoisotopic (exact) mass is 648 g/mol.